The van der Waals surface area contributed by atoms with E-state index in [-0.39, 0.29) is 11.9 Å². The number of benzene rings is 1. The molecule has 1 aliphatic heterocycles. The SMILES string of the molecule is Cc1ccc2c(C(=O)N(C)[C@H]3CCN(C)C3)cc(-c3cnn(C)c3)nc2c1C. The van der Waals surface area contributed by atoms with Gasteiger partial charge in [0.15, 0.2) is 0 Å². The smallest absolute Gasteiger partial charge is 0.254 e. The zero-order valence-electron chi connectivity index (χ0n) is 17.2. The fourth-order valence-electron chi connectivity index (χ4n) is 3.99. The highest BCUT2D eigenvalue weighted by molar-refractivity contribution is 6.08. The molecule has 0 spiro atoms. The first-order chi connectivity index (χ1) is 13.3. The van der Waals surface area contributed by atoms with Crippen molar-refractivity contribution in [1.29, 1.82) is 0 Å². The predicted molar refractivity (Wildman–Crippen MR) is 111 cm³/mol. The van der Waals surface area contributed by atoms with Crippen molar-refractivity contribution in [3.63, 3.8) is 0 Å². The van der Waals surface area contributed by atoms with E-state index in [1.165, 1.54) is 5.56 Å². The third-order valence-corrected chi connectivity index (χ3v) is 5.97. The maximum absolute atomic E-state index is 13.5. The van der Waals surface area contributed by atoms with E-state index < -0.39 is 0 Å². The highest BCUT2D eigenvalue weighted by Crippen LogP contribution is 2.29. The molecule has 0 unspecified atom stereocenters. The van der Waals surface area contributed by atoms with Crippen molar-refractivity contribution < 1.29 is 4.79 Å². The number of carbonyl (C=O) groups is 1. The van der Waals surface area contributed by atoms with Gasteiger partial charge in [0.2, 0.25) is 0 Å². The monoisotopic (exact) mass is 377 g/mol. The molecule has 0 bridgehead atoms. The third kappa shape index (κ3) is 3.18. The minimum absolute atomic E-state index is 0.0566. The first-order valence-electron chi connectivity index (χ1n) is 9.71. The van der Waals surface area contributed by atoms with Crippen LogP contribution in [-0.2, 0) is 7.05 Å². The summed E-state index contributed by atoms with van der Waals surface area (Å²) in [5, 5.41) is 5.19. The fourth-order valence-corrected chi connectivity index (χ4v) is 3.99. The van der Waals surface area contributed by atoms with Gasteiger partial charge in [-0.3, -0.25) is 9.48 Å². The number of fused-ring (bicyclic) bond motifs is 1. The molecule has 1 aromatic carbocycles. The number of likely N-dealkylation sites (tertiary alicyclic amines) is 1. The lowest BCUT2D eigenvalue weighted by Gasteiger charge is -2.25. The van der Waals surface area contributed by atoms with Crippen LogP contribution in [0.15, 0.2) is 30.6 Å². The van der Waals surface area contributed by atoms with Crippen molar-refractivity contribution in [2.75, 3.05) is 27.2 Å². The topological polar surface area (TPSA) is 54.3 Å². The summed E-state index contributed by atoms with van der Waals surface area (Å²) in [5.41, 5.74) is 5.59. The molecule has 4 rings (SSSR count). The molecule has 2 aromatic heterocycles. The van der Waals surface area contributed by atoms with Gasteiger partial charge in [0.25, 0.3) is 5.91 Å². The number of nitrogens with zero attached hydrogens (tertiary/aromatic N) is 5. The normalized spacial score (nSPS) is 17.4. The summed E-state index contributed by atoms with van der Waals surface area (Å²) in [6, 6.07) is 6.27. The van der Waals surface area contributed by atoms with E-state index in [1.54, 1.807) is 10.9 Å². The largest absolute Gasteiger partial charge is 0.337 e. The van der Waals surface area contributed by atoms with E-state index in [9.17, 15) is 4.79 Å². The number of aryl methyl sites for hydroxylation is 3. The van der Waals surface area contributed by atoms with Gasteiger partial charge in [0, 0.05) is 43.8 Å². The maximum Gasteiger partial charge on any atom is 0.254 e. The molecule has 3 aromatic rings. The first kappa shape index (κ1) is 18.6. The van der Waals surface area contributed by atoms with Gasteiger partial charge in [-0.05, 0) is 51.1 Å². The summed E-state index contributed by atoms with van der Waals surface area (Å²) in [4.78, 5) is 22.6. The minimum Gasteiger partial charge on any atom is -0.337 e. The lowest BCUT2D eigenvalue weighted by Crippen LogP contribution is -2.38. The second-order valence-corrected chi connectivity index (χ2v) is 7.98. The summed E-state index contributed by atoms with van der Waals surface area (Å²) < 4.78 is 1.76. The van der Waals surface area contributed by atoms with Gasteiger partial charge >= 0.3 is 0 Å². The van der Waals surface area contributed by atoms with Crippen LogP contribution in [0.2, 0.25) is 0 Å². The number of rotatable bonds is 3. The predicted octanol–water partition coefficient (Wildman–Crippen LogP) is 3.03. The number of pyridine rings is 1. The van der Waals surface area contributed by atoms with Crippen LogP contribution < -0.4 is 0 Å². The van der Waals surface area contributed by atoms with E-state index in [2.05, 4.69) is 37.0 Å². The van der Waals surface area contributed by atoms with Gasteiger partial charge in [-0.2, -0.15) is 5.10 Å². The summed E-state index contributed by atoms with van der Waals surface area (Å²) in [7, 11) is 5.91. The van der Waals surface area contributed by atoms with Crippen molar-refractivity contribution in [3.05, 3.63) is 47.3 Å². The van der Waals surface area contributed by atoms with E-state index in [0.717, 1.165) is 47.2 Å². The van der Waals surface area contributed by atoms with E-state index >= 15 is 0 Å². The van der Waals surface area contributed by atoms with Gasteiger partial charge in [-0.1, -0.05) is 12.1 Å². The van der Waals surface area contributed by atoms with Crippen LogP contribution in [-0.4, -0.2) is 63.7 Å². The molecule has 1 aliphatic rings. The van der Waals surface area contributed by atoms with Crippen LogP contribution in [0, 0.1) is 13.8 Å². The van der Waals surface area contributed by atoms with Gasteiger partial charge in [0.05, 0.1) is 23.0 Å². The van der Waals surface area contributed by atoms with Crippen molar-refractivity contribution >= 4 is 16.8 Å². The molecule has 1 amide bonds. The van der Waals surface area contributed by atoms with Gasteiger partial charge in [0.1, 0.15) is 0 Å². The Balaban J connectivity index is 1.86. The Hall–Kier alpha value is -2.73. The molecule has 146 valence electrons. The lowest BCUT2D eigenvalue weighted by molar-refractivity contribution is 0.0739. The van der Waals surface area contributed by atoms with E-state index in [4.69, 9.17) is 4.98 Å². The molecule has 3 heterocycles. The zero-order chi connectivity index (χ0) is 20.0. The third-order valence-electron chi connectivity index (χ3n) is 5.97. The van der Waals surface area contributed by atoms with Crippen molar-refractivity contribution in [2.45, 2.75) is 26.3 Å². The highest BCUT2D eigenvalue weighted by atomic mass is 16.2. The van der Waals surface area contributed by atoms with Crippen LogP contribution in [0.5, 0.6) is 0 Å². The van der Waals surface area contributed by atoms with Crippen LogP contribution in [0.1, 0.15) is 27.9 Å². The molecule has 0 aliphatic carbocycles. The number of carbonyl (C=O) groups excluding carboxylic acids is 1. The summed E-state index contributed by atoms with van der Waals surface area (Å²) >= 11 is 0. The molecule has 6 nitrogen and oxygen atoms in total. The zero-order valence-corrected chi connectivity index (χ0v) is 17.2. The molecular weight excluding hydrogens is 350 g/mol. The van der Waals surface area contributed by atoms with Crippen LogP contribution >= 0.6 is 0 Å². The average molecular weight is 377 g/mol. The van der Waals surface area contributed by atoms with Crippen molar-refractivity contribution in [2.24, 2.45) is 7.05 Å². The maximum atomic E-state index is 13.5. The Morgan fingerprint density at radius 3 is 2.68 bits per heavy atom. The minimum atomic E-state index is 0.0566. The summed E-state index contributed by atoms with van der Waals surface area (Å²) in [5.74, 6) is 0.0566. The Morgan fingerprint density at radius 2 is 2.04 bits per heavy atom. The molecule has 1 saturated heterocycles. The van der Waals surface area contributed by atoms with Gasteiger partial charge in [-0.25, -0.2) is 4.98 Å². The summed E-state index contributed by atoms with van der Waals surface area (Å²) in [6.07, 6.45) is 4.74. The number of aromatic nitrogens is 3. The highest BCUT2D eigenvalue weighted by Gasteiger charge is 2.28. The second kappa shape index (κ2) is 7.02. The molecule has 28 heavy (non-hydrogen) atoms. The molecule has 6 heteroatoms. The van der Waals surface area contributed by atoms with Crippen LogP contribution in [0.25, 0.3) is 22.2 Å². The Kier molecular flexibility index (Phi) is 4.67. The number of amides is 1. The van der Waals surface area contributed by atoms with E-state index in [1.807, 2.05) is 37.3 Å². The molecule has 0 N–H and O–H groups in total. The van der Waals surface area contributed by atoms with Crippen LogP contribution in [0.4, 0.5) is 0 Å². The van der Waals surface area contributed by atoms with E-state index in [0.29, 0.717) is 5.56 Å². The second-order valence-electron chi connectivity index (χ2n) is 7.98. The standard InChI is InChI=1S/C22H27N5O/c1-14-6-7-18-19(22(28)27(5)17-8-9-25(3)13-17)10-20(24-21(18)15(14)2)16-11-23-26(4)12-16/h6-7,10-12,17H,8-9,13H2,1-5H3/t17-/m0/s1. The average Bonchev–Trinajstić information content (AvgIpc) is 3.31. The Morgan fingerprint density at radius 1 is 1.25 bits per heavy atom. The summed E-state index contributed by atoms with van der Waals surface area (Å²) in [6.45, 7) is 6.09. The molecule has 0 saturated carbocycles. The fraction of sp³-hybridized carbons (Fsp3) is 0.409. The molecule has 1 fully saturated rings. The lowest BCUT2D eigenvalue weighted by atomic mass is 9.99. The van der Waals surface area contributed by atoms with Crippen LogP contribution in [0.3, 0.4) is 0 Å². The first-order valence-corrected chi connectivity index (χ1v) is 9.71. The van der Waals surface area contributed by atoms with Crippen molar-refractivity contribution in [1.82, 2.24) is 24.6 Å². The number of hydrogen-bond donors (Lipinski definition) is 0. The Bertz CT molecular complexity index is 1050. The number of hydrogen-bond acceptors (Lipinski definition) is 4. The molecule has 1 atom stereocenters. The number of likely N-dealkylation sites (N-methyl/N-ethyl adjacent to an activating group) is 2. The Labute approximate surface area is 165 Å². The molecule has 0 radical (unpaired) electrons. The quantitative estimate of drug-likeness (QED) is 0.704. The van der Waals surface area contributed by atoms with Gasteiger partial charge in [-0.15, -0.1) is 0 Å². The molecular formula is C22H27N5O. The van der Waals surface area contributed by atoms with Crippen molar-refractivity contribution in [3.8, 4) is 11.3 Å². The van der Waals surface area contributed by atoms with Gasteiger partial charge < -0.3 is 9.80 Å².